The largest absolute Gasteiger partial charge is 0.427 e. The van der Waals surface area contributed by atoms with E-state index < -0.39 is 11.1 Å². The predicted molar refractivity (Wildman–Crippen MR) is 35.9 cm³/mol. The van der Waals surface area contributed by atoms with Crippen LogP contribution in [0, 0.1) is 0 Å². The van der Waals surface area contributed by atoms with E-state index in [1.54, 1.807) is 0 Å². The van der Waals surface area contributed by atoms with Crippen LogP contribution in [0.1, 0.15) is 4.88 Å². The van der Waals surface area contributed by atoms with Gasteiger partial charge in [0.2, 0.25) is 0 Å². The number of thiazole rings is 1. The molecular formula is C4HF3N4S. The first kappa shape index (κ1) is 8.82. The molecule has 0 aromatic carbocycles. The van der Waals surface area contributed by atoms with E-state index in [4.69, 9.17) is 5.53 Å². The molecule has 0 radical (unpaired) electrons. The molecule has 0 amide bonds. The van der Waals surface area contributed by atoms with Crippen molar-refractivity contribution >= 4 is 16.5 Å². The highest BCUT2D eigenvalue weighted by molar-refractivity contribution is 7.15. The normalized spacial score (nSPS) is 10.9. The van der Waals surface area contributed by atoms with Gasteiger partial charge < -0.3 is 0 Å². The number of hydrogen-bond donors (Lipinski definition) is 0. The van der Waals surface area contributed by atoms with Gasteiger partial charge in [0, 0.05) is 4.91 Å². The van der Waals surface area contributed by atoms with Crippen LogP contribution in [0.15, 0.2) is 11.3 Å². The number of halogens is 3. The van der Waals surface area contributed by atoms with Crippen molar-refractivity contribution in [3.63, 3.8) is 0 Å². The first-order chi connectivity index (χ1) is 5.54. The van der Waals surface area contributed by atoms with Crippen molar-refractivity contribution < 1.29 is 13.2 Å². The molecule has 0 aliphatic carbocycles. The average molecular weight is 194 g/mol. The third kappa shape index (κ3) is 1.86. The highest BCUT2D eigenvalue weighted by Crippen LogP contribution is 2.35. The van der Waals surface area contributed by atoms with E-state index in [1.165, 1.54) is 0 Å². The molecule has 64 valence electrons. The van der Waals surface area contributed by atoms with Crippen LogP contribution in [-0.4, -0.2) is 4.98 Å². The molecule has 0 fully saturated rings. The summed E-state index contributed by atoms with van der Waals surface area (Å²) in [4.78, 5) is 4.69. The van der Waals surface area contributed by atoms with E-state index in [-0.39, 0.29) is 5.13 Å². The summed E-state index contributed by atoms with van der Waals surface area (Å²) in [5, 5.41) is 2.70. The zero-order valence-corrected chi connectivity index (χ0v) is 6.22. The summed E-state index contributed by atoms with van der Waals surface area (Å²) in [6.45, 7) is 0. The summed E-state index contributed by atoms with van der Waals surface area (Å²) >= 11 is 0.308. The molecule has 1 heterocycles. The first-order valence-electron chi connectivity index (χ1n) is 2.62. The quantitative estimate of drug-likeness (QED) is 0.385. The maximum Gasteiger partial charge on any atom is 0.427 e. The van der Waals surface area contributed by atoms with E-state index in [1.807, 2.05) is 0 Å². The van der Waals surface area contributed by atoms with Crippen LogP contribution in [0.5, 0.6) is 0 Å². The van der Waals surface area contributed by atoms with Crippen molar-refractivity contribution in [1.29, 1.82) is 0 Å². The Labute approximate surface area is 68.3 Å². The van der Waals surface area contributed by atoms with Crippen molar-refractivity contribution in [3.8, 4) is 0 Å². The minimum atomic E-state index is -4.42. The van der Waals surface area contributed by atoms with E-state index in [0.717, 1.165) is 0 Å². The molecule has 0 saturated carbocycles. The molecule has 0 N–H and O–H groups in total. The molecule has 0 aliphatic heterocycles. The zero-order valence-electron chi connectivity index (χ0n) is 5.41. The maximum atomic E-state index is 11.9. The fourth-order valence-corrected chi connectivity index (χ4v) is 1.08. The lowest BCUT2D eigenvalue weighted by Crippen LogP contribution is -2.00. The second-order valence-corrected chi connectivity index (χ2v) is 2.70. The number of azide groups is 1. The second kappa shape index (κ2) is 3.00. The Morgan fingerprint density at radius 3 is 2.67 bits per heavy atom. The summed E-state index contributed by atoms with van der Waals surface area (Å²) in [7, 11) is 0. The fraction of sp³-hybridized carbons (Fsp3) is 0.250. The smallest absolute Gasteiger partial charge is 0.242 e. The third-order valence-corrected chi connectivity index (χ3v) is 1.83. The number of aromatic nitrogens is 1. The van der Waals surface area contributed by atoms with Gasteiger partial charge in [-0.2, -0.15) is 13.2 Å². The summed E-state index contributed by atoms with van der Waals surface area (Å²) < 4.78 is 35.6. The number of alkyl halides is 3. The molecule has 12 heavy (non-hydrogen) atoms. The van der Waals surface area contributed by atoms with Gasteiger partial charge in [-0.25, -0.2) is 4.98 Å². The molecule has 0 bridgehead atoms. The van der Waals surface area contributed by atoms with Crippen molar-refractivity contribution in [2.75, 3.05) is 0 Å². The van der Waals surface area contributed by atoms with Crippen LogP contribution < -0.4 is 0 Å². The lowest BCUT2D eigenvalue weighted by Gasteiger charge is -1.98. The van der Waals surface area contributed by atoms with Gasteiger partial charge in [-0.15, -0.1) is 11.3 Å². The van der Waals surface area contributed by atoms with E-state index in [9.17, 15) is 13.2 Å². The maximum absolute atomic E-state index is 11.9. The molecule has 0 spiro atoms. The Bertz CT molecular complexity index is 323. The van der Waals surface area contributed by atoms with Crippen molar-refractivity contribution in [2.24, 2.45) is 5.11 Å². The minimum Gasteiger partial charge on any atom is -0.242 e. The SMILES string of the molecule is [N-]=[N+]=Nc1ncc(C(F)(F)F)s1. The van der Waals surface area contributed by atoms with Gasteiger partial charge in [-0.05, 0) is 10.6 Å². The van der Waals surface area contributed by atoms with Gasteiger partial charge in [-0.3, -0.25) is 0 Å². The molecule has 1 aromatic rings. The summed E-state index contributed by atoms with van der Waals surface area (Å²) in [5.41, 5.74) is 7.88. The second-order valence-electron chi connectivity index (χ2n) is 1.69. The van der Waals surface area contributed by atoms with Crippen LogP contribution in [0.25, 0.3) is 10.4 Å². The van der Waals surface area contributed by atoms with E-state index >= 15 is 0 Å². The number of nitrogens with zero attached hydrogens (tertiary/aromatic N) is 4. The fourth-order valence-electron chi connectivity index (χ4n) is 0.480. The topological polar surface area (TPSA) is 61.7 Å². The van der Waals surface area contributed by atoms with Gasteiger partial charge >= 0.3 is 6.18 Å². The van der Waals surface area contributed by atoms with Crippen LogP contribution in [0.4, 0.5) is 18.3 Å². The first-order valence-corrected chi connectivity index (χ1v) is 3.44. The predicted octanol–water partition coefficient (Wildman–Crippen LogP) is 3.10. The van der Waals surface area contributed by atoms with Crippen LogP contribution in [-0.2, 0) is 6.18 Å². The average Bonchev–Trinajstić information content (AvgIpc) is 2.35. The monoisotopic (exact) mass is 194 g/mol. The summed E-state index contributed by atoms with van der Waals surface area (Å²) in [6, 6.07) is 0. The van der Waals surface area contributed by atoms with Gasteiger partial charge in [-0.1, -0.05) is 0 Å². The van der Waals surface area contributed by atoms with Crippen molar-refractivity contribution in [2.45, 2.75) is 6.18 Å². The zero-order chi connectivity index (χ0) is 9.19. The number of rotatable bonds is 1. The van der Waals surface area contributed by atoms with Crippen LogP contribution in [0.2, 0.25) is 0 Å². The Morgan fingerprint density at radius 2 is 2.25 bits per heavy atom. The standard InChI is InChI=1S/C4HF3N4S/c5-4(6,7)2-1-9-3(12-2)10-11-8/h1H. The molecule has 0 unspecified atom stereocenters. The number of hydrogen-bond acceptors (Lipinski definition) is 3. The van der Waals surface area contributed by atoms with Crippen LogP contribution in [0.3, 0.4) is 0 Å². The Kier molecular flexibility index (Phi) is 2.20. The lowest BCUT2D eigenvalue weighted by molar-refractivity contribution is -0.134. The Morgan fingerprint density at radius 1 is 1.58 bits per heavy atom. The Hall–Kier alpha value is -1.27. The molecule has 0 atom stereocenters. The summed E-state index contributed by atoms with van der Waals surface area (Å²) in [6.07, 6.45) is -3.78. The van der Waals surface area contributed by atoms with Gasteiger partial charge in [0.05, 0.1) is 6.20 Å². The van der Waals surface area contributed by atoms with Crippen molar-refractivity contribution in [3.05, 3.63) is 21.5 Å². The molecular weight excluding hydrogens is 193 g/mol. The lowest BCUT2D eigenvalue weighted by atomic mass is 10.5. The van der Waals surface area contributed by atoms with E-state index in [2.05, 4.69) is 15.0 Å². The molecule has 0 saturated heterocycles. The third-order valence-electron chi connectivity index (χ3n) is 0.903. The summed E-state index contributed by atoms with van der Waals surface area (Å²) in [5.74, 6) is 0. The van der Waals surface area contributed by atoms with E-state index in [0.29, 0.717) is 17.5 Å². The van der Waals surface area contributed by atoms with Gasteiger partial charge in [0.15, 0.2) is 5.13 Å². The molecule has 8 heteroatoms. The highest BCUT2D eigenvalue weighted by Gasteiger charge is 2.33. The highest BCUT2D eigenvalue weighted by atomic mass is 32.1. The molecule has 1 aromatic heterocycles. The van der Waals surface area contributed by atoms with Crippen LogP contribution >= 0.6 is 11.3 Å². The minimum absolute atomic E-state index is 0.232. The van der Waals surface area contributed by atoms with Gasteiger partial charge in [0.25, 0.3) is 0 Å². The molecule has 0 aliphatic rings. The van der Waals surface area contributed by atoms with Crippen molar-refractivity contribution in [1.82, 2.24) is 4.98 Å². The molecule has 1 rings (SSSR count). The Balaban J connectivity index is 2.99. The molecule has 4 nitrogen and oxygen atoms in total. The van der Waals surface area contributed by atoms with Gasteiger partial charge in [0.1, 0.15) is 4.88 Å².